The molecule has 0 amide bonds. The van der Waals surface area contributed by atoms with Crippen molar-refractivity contribution in [2.24, 2.45) is 0 Å². The smallest absolute Gasteiger partial charge is 0.277 e. The third-order valence-electron chi connectivity index (χ3n) is 4.76. The van der Waals surface area contributed by atoms with E-state index in [-0.39, 0.29) is 12.2 Å². The molecule has 2 aromatic heterocycles. The van der Waals surface area contributed by atoms with Crippen LogP contribution in [0.1, 0.15) is 16.8 Å². The van der Waals surface area contributed by atoms with Gasteiger partial charge in [-0.2, -0.15) is 9.50 Å². The zero-order valence-electron chi connectivity index (χ0n) is 14.7. The number of benzene rings is 1. The minimum atomic E-state index is -0.0829. The number of nitrogens with zero attached hydrogens (tertiary/aromatic N) is 5. The Hall–Kier alpha value is -2.71. The van der Waals surface area contributed by atoms with Crippen molar-refractivity contribution in [2.45, 2.75) is 19.5 Å². The number of likely N-dealkylation sites (N-methyl/N-ethyl adjacent to an activating group) is 1. The maximum absolute atomic E-state index is 12.8. The minimum absolute atomic E-state index is 0.0147. The van der Waals surface area contributed by atoms with Crippen molar-refractivity contribution in [3.63, 3.8) is 0 Å². The summed E-state index contributed by atoms with van der Waals surface area (Å²) in [6.45, 7) is 2.76. The van der Waals surface area contributed by atoms with Gasteiger partial charge in [0.1, 0.15) is 0 Å². The summed E-state index contributed by atoms with van der Waals surface area (Å²) in [6.07, 6.45) is 0.678. The van der Waals surface area contributed by atoms with Crippen LogP contribution in [0.15, 0.2) is 35.1 Å². The molecule has 1 aliphatic rings. The molecule has 0 radical (unpaired) electrons. The number of aromatic nitrogens is 4. The standard InChI is InChI=1S/C18H22N6O2/c1-22(9-10-25)18-20-17-19-15-12-23(11-13-5-3-2-4-6-13)8-7-14(15)16(26)24(17)21-18/h2-6,25H,7-12H2,1H3,(H,19,20,21). The molecule has 4 rings (SSSR count). The van der Waals surface area contributed by atoms with Crippen LogP contribution in [-0.2, 0) is 19.5 Å². The average Bonchev–Trinajstić information content (AvgIpc) is 3.07. The number of nitrogens with one attached hydrogen (secondary N) is 1. The van der Waals surface area contributed by atoms with Gasteiger partial charge < -0.3 is 10.0 Å². The Labute approximate surface area is 150 Å². The zero-order chi connectivity index (χ0) is 18.1. The van der Waals surface area contributed by atoms with Crippen molar-refractivity contribution in [3.05, 3.63) is 57.5 Å². The molecule has 0 atom stereocenters. The summed E-state index contributed by atoms with van der Waals surface area (Å²) in [6, 6.07) is 10.3. The molecule has 0 unspecified atom stereocenters. The third-order valence-corrected chi connectivity index (χ3v) is 4.76. The van der Waals surface area contributed by atoms with Crippen molar-refractivity contribution in [3.8, 4) is 0 Å². The molecule has 8 nitrogen and oxygen atoms in total. The zero-order valence-corrected chi connectivity index (χ0v) is 14.7. The average molecular weight is 354 g/mol. The highest BCUT2D eigenvalue weighted by Crippen LogP contribution is 2.17. The largest absolute Gasteiger partial charge is 0.395 e. The van der Waals surface area contributed by atoms with Crippen LogP contribution < -0.4 is 10.5 Å². The lowest BCUT2D eigenvalue weighted by molar-refractivity contribution is 0.240. The van der Waals surface area contributed by atoms with Gasteiger partial charge in [0.15, 0.2) is 0 Å². The summed E-state index contributed by atoms with van der Waals surface area (Å²) in [5, 5.41) is 12.1. The van der Waals surface area contributed by atoms with E-state index in [0.717, 1.165) is 24.3 Å². The molecule has 26 heavy (non-hydrogen) atoms. The molecule has 1 aliphatic heterocycles. The van der Waals surface area contributed by atoms with E-state index in [1.54, 1.807) is 11.9 Å². The van der Waals surface area contributed by atoms with Gasteiger partial charge in [0.05, 0.1) is 12.3 Å². The minimum Gasteiger partial charge on any atom is -0.395 e. The fourth-order valence-corrected chi connectivity index (χ4v) is 3.33. The van der Waals surface area contributed by atoms with Crippen LogP contribution in [0.4, 0.5) is 5.95 Å². The van der Waals surface area contributed by atoms with Gasteiger partial charge in [-0.1, -0.05) is 30.3 Å². The predicted octanol–water partition coefficient (Wildman–Crippen LogP) is 0.404. The lowest BCUT2D eigenvalue weighted by Crippen LogP contribution is -2.36. The van der Waals surface area contributed by atoms with Crippen molar-refractivity contribution < 1.29 is 5.11 Å². The Bertz CT molecular complexity index is 965. The summed E-state index contributed by atoms with van der Waals surface area (Å²) in [5.74, 6) is 0.891. The monoisotopic (exact) mass is 354 g/mol. The van der Waals surface area contributed by atoms with Crippen LogP contribution in [0, 0.1) is 0 Å². The number of rotatable bonds is 5. The Kier molecular flexibility index (Phi) is 4.44. The quantitative estimate of drug-likeness (QED) is 0.690. The molecule has 0 fully saturated rings. The number of aliphatic hydroxyl groups is 1. The van der Waals surface area contributed by atoms with E-state index in [9.17, 15) is 4.79 Å². The Morgan fingerprint density at radius 2 is 2.08 bits per heavy atom. The number of H-pyrrole nitrogens is 1. The number of anilines is 1. The highest BCUT2D eigenvalue weighted by Gasteiger charge is 2.23. The van der Waals surface area contributed by atoms with E-state index in [1.807, 2.05) is 18.2 Å². The summed E-state index contributed by atoms with van der Waals surface area (Å²) >= 11 is 0. The molecule has 3 heterocycles. The molecular weight excluding hydrogens is 332 g/mol. The van der Waals surface area contributed by atoms with Gasteiger partial charge in [-0.05, 0) is 12.0 Å². The van der Waals surface area contributed by atoms with Crippen molar-refractivity contribution in [2.75, 3.05) is 31.6 Å². The number of hydrogen-bond acceptors (Lipinski definition) is 6. The molecule has 8 heteroatoms. The van der Waals surface area contributed by atoms with Gasteiger partial charge in [0.2, 0.25) is 5.95 Å². The maximum atomic E-state index is 12.8. The number of aromatic amines is 1. The first-order valence-corrected chi connectivity index (χ1v) is 8.74. The summed E-state index contributed by atoms with van der Waals surface area (Å²) in [5.41, 5.74) is 2.73. The maximum Gasteiger partial charge on any atom is 0.277 e. The lowest BCUT2D eigenvalue weighted by Gasteiger charge is -2.27. The normalized spacial score (nSPS) is 14.5. The molecule has 1 aromatic carbocycles. The van der Waals surface area contributed by atoms with Gasteiger partial charge >= 0.3 is 0 Å². The Balaban J connectivity index is 1.63. The fraction of sp³-hybridized carbons (Fsp3) is 0.389. The Morgan fingerprint density at radius 1 is 1.27 bits per heavy atom. The second-order valence-corrected chi connectivity index (χ2v) is 6.62. The molecule has 0 aliphatic carbocycles. The molecule has 3 aromatic rings. The molecule has 0 bridgehead atoms. The van der Waals surface area contributed by atoms with Crippen LogP contribution in [0.5, 0.6) is 0 Å². The van der Waals surface area contributed by atoms with Crippen LogP contribution in [0.25, 0.3) is 5.78 Å². The molecule has 2 N–H and O–H groups in total. The van der Waals surface area contributed by atoms with Crippen LogP contribution in [-0.4, -0.2) is 56.3 Å². The van der Waals surface area contributed by atoms with E-state index < -0.39 is 0 Å². The van der Waals surface area contributed by atoms with Crippen LogP contribution >= 0.6 is 0 Å². The molecule has 0 saturated heterocycles. The second-order valence-electron chi connectivity index (χ2n) is 6.62. The van der Waals surface area contributed by atoms with Crippen molar-refractivity contribution in [1.82, 2.24) is 24.5 Å². The van der Waals surface area contributed by atoms with Crippen molar-refractivity contribution in [1.29, 1.82) is 0 Å². The topological polar surface area (TPSA) is 89.8 Å². The van der Waals surface area contributed by atoms with E-state index in [1.165, 1.54) is 10.1 Å². The Morgan fingerprint density at radius 3 is 2.85 bits per heavy atom. The summed E-state index contributed by atoms with van der Waals surface area (Å²) in [7, 11) is 1.81. The molecule has 136 valence electrons. The van der Waals surface area contributed by atoms with Gasteiger partial charge in [0.25, 0.3) is 11.3 Å². The van der Waals surface area contributed by atoms with Crippen LogP contribution in [0.2, 0.25) is 0 Å². The van der Waals surface area contributed by atoms with E-state index in [4.69, 9.17) is 5.11 Å². The van der Waals surface area contributed by atoms with Gasteiger partial charge in [0, 0.05) is 38.8 Å². The first kappa shape index (κ1) is 16.7. The number of fused-ring (bicyclic) bond motifs is 2. The number of hydrogen-bond donors (Lipinski definition) is 2. The number of aliphatic hydroxyl groups excluding tert-OH is 1. The molecular formula is C18H22N6O2. The highest BCUT2D eigenvalue weighted by atomic mass is 16.3. The summed E-state index contributed by atoms with van der Waals surface area (Å²) in [4.78, 5) is 25.9. The first-order valence-electron chi connectivity index (χ1n) is 8.74. The lowest BCUT2D eigenvalue weighted by atomic mass is 10.1. The highest BCUT2D eigenvalue weighted by molar-refractivity contribution is 5.41. The first-order chi connectivity index (χ1) is 12.7. The summed E-state index contributed by atoms with van der Waals surface area (Å²) < 4.78 is 1.40. The molecule has 0 saturated carbocycles. The molecule has 0 spiro atoms. The third kappa shape index (κ3) is 3.09. The van der Waals surface area contributed by atoms with Gasteiger partial charge in [-0.15, -0.1) is 0 Å². The van der Waals surface area contributed by atoms with Crippen molar-refractivity contribution >= 4 is 11.7 Å². The van der Waals surface area contributed by atoms with E-state index >= 15 is 0 Å². The van der Waals surface area contributed by atoms with Gasteiger partial charge in [-0.25, -0.2) is 4.98 Å². The second kappa shape index (κ2) is 6.89. The van der Waals surface area contributed by atoms with E-state index in [2.05, 4.69) is 32.1 Å². The predicted molar refractivity (Wildman–Crippen MR) is 98.2 cm³/mol. The fourth-order valence-electron chi connectivity index (χ4n) is 3.33. The van der Waals surface area contributed by atoms with Crippen LogP contribution in [0.3, 0.4) is 0 Å². The SMILES string of the molecule is CN(CCO)c1nc2nc3c(c(=O)n2[nH]1)CCN(Cc1ccccc1)C3. The van der Waals surface area contributed by atoms with E-state index in [0.29, 0.717) is 31.2 Å². The van der Waals surface area contributed by atoms with Gasteiger partial charge in [-0.3, -0.25) is 14.8 Å².